The predicted molar refractivity (Wildman–Crippen MR) is 87.8 cm³/mol. The van der Waals surface area contributed by atoms with Crippen molar-refractivity contribution in [1.29, 1.82) is 0 Å². The third-order valence-electron chi connectivity index (χ3n) is 4.52. The van der Waals surface area contributed by atoms with Gasteiger partial charge in [-0.3, -0.25) is 4.79 Å². The summed E-state index contributed by atoms with van der Waals surface area (Å²) in [5.74, 6) is -1.18. The molecule has 4 nitrogen and oxygen atoms in total. The van der Waals surface area contributed by atoms with Gasteiger partial charge in [-0.25, -0.2) is 4.79 Å². The highest BCUT2D eigenvalue weighted by Gasteiger charge is 2.39. The summed E-state index contributed by atoms with van der Waals surface area (Å²) in [4.78, 5) is 24.2. The molecule has 0 saturated carbocycles. The van der Waals surface area contributed by atoms with E-state index >= 15 is 0 Å². The highest BCUT2D eigenvalue weighted by molar-refractivity contribution is 6.01. The zero-order valence-electron chi connectivity index (χ0n) is 13.6. The van der Waals surface area contributed by atoms with Crippen LogP contribution < -0.4 is 5.32 Å². The quantitative estimate of drug-likeness (QED) is 0.879. The maximum Gasteiger partial charge on any atom is 0.351 e. The highest BCUT2D eigenvalue weighted by atomic mass is 16.4. The standard InChI is InChI=1S/C19H21NO3/c1-11-4-6-12(7-5-11)13-8-14(18(22)23)20-15-9-19(2,3)10-16(21)17(13)15/h4-8,13,20H,9-10H2,1-3H3,(H,22,23)/t13-/m1/s1. The largest absolute Gasteiger partial charge is 0.477 e. The lowest BCUT2D eigenvalue weighted by atomic mass is 9.70. The molecule has 0 bridgehead atoms. The first-order valence-electron chi connectivity index (χ1n) is 7.82. The summed E-state index contributed by atoms with van der Waals surface area (Å²) in [5.41, 5.74) is 3.57. The van der Waals surface area contributed by atoms with Crippen molar-refractivity contribution in [3.8, 4) is 0 Å². The first kappa shape index (κ1) is 15.5. The van der Waals surface area contributed by atoms with E-state index in [4.69, 9.17) is 0 Å². The van der Waals surface area contributed by atoms with Crippen LogP contribution in [-0.4, -0.2) is 16.9 Å². The Balaban J connectivity index is 2.11. The molecule has 0 saturated heterocycles. The number of ketones is 1. The van der Waals surface area contributed by atoms with Crippen LogP contribution in [-0.2, 0) is 9.59 Å². The zero-order valence-corrected chi connectivity index (χ0v) is 13.6. The molecule has 1 aliphatic carbocycles. The van der Waals surface area contributed by atoms with Gasteiger partial charge in [0.15, 0.2) is 5.78 Å². The van der Waals surface area contributed by atoms with Crippen molar-refractivity contribution in [2.75, 3.05) is 0 Å². The van der Waals surface area contributed by atoms with E-state index in [1.807, 2.05) is 45.0 Å². The minimum absolute atomic E-state index is 0.106. The minimum Gasteiger partial charge on any atom is -0.477 e. The first-order valence-corrected chi connectivity index (χ1v) is 7.82. The molecule has 1 aromatic rings. The maximum atomic E-state index is 12.7. The number of nitrogens with one attached hydrogen (secondary N) is 1. The lowest BCUT2D eigenvalue weighted by Crippen LogP contribution is -2.37. The molecule has 0 amide bonds. The number of aryl methyl sites for hydroxylation is 1. The normalized spacial score (nSPS) is 23.0. The third kappa shape index (κ3) is 2.93. The van der Waals surface area contributed by atoms with Crippen molar-refractivity contribution in [1.82, 2.24) is 5.32 Å². The Morgan fingerprint density at radius 3 is 2.48 bits per heavy atom. The SMILES string of the molecule is Cc1ccc([C@H]2C=C(C(=O)O)NC3=C2C(=O)CC(C)(C)C3)cc1. The maximum absolute atomic E-state index is 12.7. The molecule has 23 heavy (non-hydrogen) atoms. The van der Waals surface area contributed by atoms with Gasteiger partial charge in [0.25, 0.3) is 0 Å². The van der Waals surface area contributed by atoms with Gasteiger partial charge in [-0.1, -0.05) is 43.7 Å². The molecule has 0 unspecified atom stereocenters. The van der Waals surface area contributed by atoms with Crippen LogP contribution in [0.25, 0.3) is 0 Å². The number of aliphatic carboxylic acids is 1. The molecule has 4 heteroatoms. The van der Waals surface area contributed by atoms with Gasteiger partial charge in [0, 0.05) is 23.6 Å². The topological polar surface area (TPSA) is 66.4 Å². The van der Waals surface area contributed by atoms with Crippen LogP contribution in [0, 0.1) is 12.3 Å². The second kappa shape index (κ2) is 5.37. The van der Waals surface area contributed by atoms with E-state index in [0.717, 1.165) is 22.4 Å². The van der Waals surface area contributed by atoms with E-state index in [1.165, 1.54) is 0 Å². The monoisotopic (exact) mass is 311 g/mol. The Morgan fingerprint density at radius 1 is 1.22 bits per heavy atom. The average molecular weight is 311 g/mol. The Kier molecular flexibility index (Phi) is 3.63. The number of hydrogen-bond acceptors (Lipinski definition) is 3. The summed E-state index contributed by atoms with van der Waals surface area (Å²) in [6.07, 6.45) is 2.83. The summed E-state index contributed by atoms with van der Waals surface area (Å²) in [5, 5.41) is 12.4. The summed E-state index contributed by atoms with van der Waals surface area (Å²) in [6.45, 7) is 6.08. The smallest absolute Gasteiger partial charge is 0.351 e. The number of benzene rings is 1. The molecule has 1 aliphatic heterocycles. The molecule has 2 aliphatic rings. The zero-order chi connectivity index (χ0) is 16.8. The van der Waals surface area contributed by atoms with Gasteiger partial charge in [-0.15, -0.1) is 0 Å². The van der Waals surface area contributed by atoms with Gasteiger partial charge in [0.2, 0.25) is 0 Å². The van der Waals surface area contributed by atoms with E-state index in [0.29, 0.717) is 12.8 Å². The van der Waals surface area contributed by atoms with Crippen molar-refractivity contribution in [3.05, 3.63) is 58.4 Å². The Hall–Kier alpha value is -2.36. The lowest BCUT2D eigenvalue weighted by Gasteiger charge is -2.37. The number of allylic oxidation sites excluding steroid dienone is 3. The third-order valence-corrected chi connectivity index (χ3v) is 4.52. The molecule has 0 radical (unpaired) electrons. The molecule has 1 atom stereocenters. The van der Waals surface area contributed by atoms with Gasteiger partial charge < -0.3 is 10.4 Å². The predicted octanol–water partition coefficient (Wildman–Crippen LogP) is 3.29. The van der Waals surface area contributed by atoms with Crippen LogP contribution in [0.3, 0.4) is 0 Å². The van der Waals surface area contributed by atoms with Gasteiger partial charge >= 0.3 is 5.97 Å². The Bertz CT molecular complexity index is 738. The second-order valence-corrected chi connectivity index (χ2v) is 7.23. The minimum atomic E-state index is -0.996. The summed E-state index contributed by atoms with van der Waals surface area (Å²) >= 11 is 0. The van der Waals surface area contributed by atoms with Crippen molar-refractivity contribution < 1.29 is 14.7 Å². The lowest BCUT2D eigenvalue weighted by molar-refractivity contribution is -0.133. The molecule has 0 aromatic heterocycles. The molecule has 1 aromatic carbocycles. The second-order valence-electron chi connectivity index (χ2n) is 7.23. The van der Waals surface area contributed by atoms with Crippen LogP contribution >= 0.6 is 0 Å². The van der Waals surface area contributed by atoms with E-state index in [9.17, 15) is 14.7 Å². The van der Waals surface area contributed by atoms with E-state index < -0.39 is 5.97 Å². The number of dihydropyridines is 1. The fourth-order valence-electron chi connectivity index (χ4n) is 3.42. The number of carbonyl (C=O) groups is 2. The van der Waals surface area contributed by atoms with E-state index in [-0.39, 0.29) is 22.8 Å². The Labute approximate surface area is 135 Å². The highest BCUT2D eigenvalue weighted by Crippen LogP contribution is 2.43. The molecule has 120 valence electrons. The van der Waals surface area contributed by atoms with Gasteiger partial charge in [-0.05, 0) is 30.4 Å². The number of carboxylic acid groups (broad SMARTS) is 1. The number of carbonyl (C=O) groups excluding carboxylic acids is 1. The van der Waals surface area contributed by atoms with Crippen molar-refractivity contribution >= 4 is 11.8 Å². The molecule has 0 spiro atoms. The number of rotatable bonds is 2. The summed E-state index contributed by atoms with van der Waals surface area (Å²) in [6, 6.07) is 7.92. The van der Waals surface area contributed by atoms with Crippen LogP contribution in [0.2, 0.25) is 0 Å². The average Bonchev–Trinajstić information content (AvgIpc) is 2.45. The van der Waals surface area contributed by atoms with Gasteiger partial charge in [0.1, 0.15) is 5.70 Å². The van der Waals surface area contributed by atoms with Crippen molar-refractivity contribution in [3.63, 3.8) is 0 Å². The number of carboxylic acids is 1. The molecular weight excluding hydrogens is 290 g/mol. The van der Waals surface area contributed by atoms with E-state index in [2.05, 4.69) is 5.32 Å². The summed E-state index contributed by atoms with van der Waals surface area (Å²) in [7, 11) is 0. The number of hydrogen-bond donors (Lipinski definition) is 2. The summed E-state index contributed by atoms with van der Waals surface area (Å²) < 4.78 is 0. The number of Topliss-reactive ketones (excluding diaryl/α,β-unsaturated/α-hetero) is 1. The Morgan fingerprint density at radius 2 is 1.87 bits per heavy atom. The molecule has 0 fully saturated rings. The van der Waals surface area contributed by atoms with E-state index in [1.54, 1.807) is 6.08 Å². The van der Waals surface area contributed by atoms with Crippen molar-refractivity contribution in [2.24, 2.45) is 5.41 Å². The van der Waals surface area contributed by atoms with Crippen LogP contribution in [0.4, 0.5) is 0 Å². The van der Waals surface area contributed by atoms with Crippen LogP contribution in [0.15, 0.2) is 47.3 Å². The first-order chi connectivity index (χ1) is 10.8. The van der Waals surface area contributed by atoms with Crippen molar-refractivity contribution in [2.45, 2.75) is 39.5 Å². The molecule has 3 rings (SSSR count). The fraction of sp³-hybridized carbons (Fsp3) is 0.368. The van der Waals surface area contributed by atoms with Crippen LogP contribution in [0.1, 0.15) is 43.7 Å². The molecule has 1 heterocycles. The van der Waals surface area contributed by atoms with Gasteiger partial charge in [-0.2, -0.15) is 0 Å². The molecular formula is C19H21NO3. The molecule has 2 N–H and O–H groups in total. The van der Waals surface area contributed by atoms with Crippen LogP contribution in [0.5, 0.6) is 0 Å². The fourth-order valence-corrected chi connectivity index (χ4v) is 3.42. The van der Waals surface area contributed by atoms with Gasteiger partial charge in [0.05, 0.1) is 0 Å².